The summed E-state index contributed by atoms with van der Waals surface area (Å²) in [5, 5.41) is 13.1. The minimum absolute atomic E-state index is 0.119. The highest BCUT2D eigenvalue weighted by Gasteiger charge is 2.18. The van der Waals surface area contributed by atoms with Crippen LogP contribution < -0.4 is 5.56 Å². The summed E-state index contributed by atoms with van der Waals surface area (Å²) in [5.41, 5.74) is 1.21. The van der Waals surface area contributed by atoms with Gasteiger partial charge in [-0.25, -0.2) is 9.50 Å². The normalized spacial score (nSPS) is 18.5. The first kappa shape index (κ1) is 17.1. The van der Waals surface area contributed by atoms with Gasteiger partial charge in [-0.15, -0.1) is 0 Å². The summed E-state index contributed by atoms with van der Waals surface area (Å²) in [6.45, 7) is 5.88. The molecule has 2 N–H and O–H groups in total. The predicted molar refractivity (Wildman–Crippen MR) is 92.1 cm³/mol. The minimum Gasteiger partial charge on any atom is -0.390 e. The molecule has 132 valence electrons. The number of hydrogen-bond donors (Lipinski definition) is 2. The van der Waals surface area contributed by atoms with E-state index in [2.05, 4.69) is 26.9 Å². The third-order valence-electron chi connectivity index (χ3n) is 4.45. The molecule has 0 bridgehead atoms. The van der Waals surface area contributed by atoms with Gasteiger partial charge in [-0.2, -0.15) is 0 Å². The lowest BCUT2D eigenvalue weighted by Crippen LogP contribution is -2.48. The van der Waals surface area contributed by atoms with E-state index in [0.717, 1.165) is 26.2 Å². The van der Waals surface area contributed by atoms with Gasteiger partial charge in [0.2, 0.25) is 0 Å². The van der Waals surface area contributed by atoms with Crippen LogP contribution in [0.4, 0.5) is 0 Å². The monoisotopic (exact) mass is 334 g/mol. The van der Waals surface area contributed by atoms with Crippen LogP contribution in [0.3, 0.4) is 0 Å². The first-order valence-corrected chi connectivity index (χ1v) is 8.35. The Morgan fingerprint density at radius 3 is 2.88 bits per heavy atom. The molecule has 0 saturated carbocycles. The van der Waals surface area contributed by atoms with Gasteiger partial charge in [-0.3, -0.25) is 19.7 Å². The highest BCUT2D eigenvalue weighted by atomic mass is 16.3. The Hall–Kier alpha value is -1.74. The van der Waals surface area contributed by atoms with E-state index in [1.54, 1.807) is 12.3 Å². The molecule has 8 heteroatoms. The second-order valence-corrected chi connectivity index (χ2v) is 6.70. The van der Waals surface area contributed by atoms with Gasteiger partial charge in [0.15, 0.2) is 5.65 Å². The summed E-state index contributed by atoms with van der Waals surface area (Å²) in [7, 11) is 4.06. The average molecular weight is 334 g/mol. The van der Waals surface area contributed by atoms with E-state index in [0.29, 0.717) is 31.0 Å². The zero-order chi connectivity index (χ0) is 17.1. The molecular weight excluding hydrogens is 308 g/mol. The smallest absolute Gasteiger partial charge is 0.272 e. The summed E-state index contributed by atoms with van der Waals surface area (Å²) in [6, 6.07) is 3.31. The molecule has 1 aliphatic heterocycles. The van der Waals surface area contributed by atoms with Crippen LogP contribution in [0.25, 0.3) is 5.65 Å². The molecule has 8 nitrogen and oxygen atoms in total. The van der Waals surface area contributed by atoms with Gasteiger partial charge in [0, 0.05) is 64.1 Å². The molecular formula is C16H26N6O2. The Kier molecular flexibility index (Phi) is 5.30. The number of likely N-dealkylation sites (N-methyl/N-ethyl adjacent to an activating group) is 2. The first-order chi connectivity index (χ1) is 11.5. The van der Waals surface area contributed by atoms with Gasteiger partial charge < -0.3 is 10.0 Å². The van der Waals surface area contributed by atoms with Crippen LogP contribution in [0.15, 0.2) is 23.1 Å². The molecule has 0 amide bonds. The topological polar surface area (TPSA) is 80.1 Å². The third kappa shape index (κ3) is 4.21. The lowest BCUT2D eigenvalue weighted by Gasteiger charge is -2.34. The Labute approximate surface area is 141 Å². The predicted octanol–water partition coefficient (Wildman–Crippen LogP) is -0.937. The first-order valence-electron chi connectivity index (χ1n) is 8.35. The summed E-state index contributed by atoms with van der Waals surface area (Å²) in [4.78, 5) is 23.0. The quantitative estimate of drug-likeness (QED) is 0.710. The Morgan fingerprint density at radius 2 is 2.12 bits per heavy atom. The fraction of sp³-hybridized carbons (Fsp3) is 0.625. The molecule has 0 aromatic carbocycles. The molecule has 1 aliphatic rings. The lowest BCUT2D eigenvalue weighted by atomic mass is 10.2. The number of aliphatic hydroxyl groups is 1. The van der Waals surface area contributed by atoms with Crippen molar-refractivity contribution in [1.29, 1.82) is 0 Å². The summed E-state index contributed by atoms with van der Waals surface area (Å²) >= 11 is 0. The van der Waals surface area contributed by atoms with Crippen LogP contribution in [-0.4, -0.2) is 93.9 Å². The molecule has 2 aromatic heterocycles. The molecule has 0 aliphatic carbocycles. The molecule has 1 saturated heterocycles. The van der Waals surface area contributed by atoms with Crippen molar-refractivity contribution >= 4 is 5.65 Å². The number of hydrogen-bond acceptors (Lipinski definition) is 6. The Bertz CT molecular complexity index is 719. The molecule has 1 atom stereocenters. The minimum atomic E-state index is -0.407. The van der Waals surface area contributed by atoms with E-state index >= 15 is 0 Å². The number of aromatic amines is 1. The van der Waals surface area contributed by atoms with Crippen LogP contribution in [0, 0.1) is 0 Å². The fourth-order valence-corrected chi connectivity index (χ4v) is 3.15. The zero-order valence-corrected chi connectivity index (χ0v) is 14.4. The maximum atomic E-state index is 12.0. The average Bonchev–Trinajstić information content (AvgIpc) is 2.98. The number of β-amino-alcohol motifs (C(OH)–C–C–N with tert-alkyl or cyclic N) is 1. The van der Waals surface area contributed by atoms with Crippen molar-refractivity contribution < 1.29 is 5.11 Å². The van der Waals surface area contributed by atoms with Gasteiger partial charge >= 0.3 is 0 Å². The number of aromatic nitrogens is 3. The lowest BCUT2D eigenvalue weighted by molar-refractivity contribution is 0.0591. The van der Waals surface area contributed by atoms with Crippen LogP contribution in [-0.2, 0) is 6.54 Å². The maximum absolute atomic E-state index is 12.0. The van der Waals surface area contributed by atoms with Crippen LogP contribution >= 0.6 is 0 Å². The number of nitrogens with one attached hydrogen (secondary N) is 1. The number of H-pyrrole nitrogens is 1. The summed E-state index contributed by atoms with van der Waals surface area (Å²) < 4.78 is 1.41. The number of fused-ring (bicyclic) bond motifs is 1. The van der Waals surface area contributed by atoms with Crippen LogP contribution in [0.1, 0.15) is 5.69 Å². The Balaban J connectivity index is 1.52. The van der Waals surface area contributed by atoms with E-state index in [9.17, 15) is 9.90 Å². The van der Waals surface area contributed by atoms with Gasteiger partial charge in [0.05, 0.1) is 11.8 Å². The van der Waals surface area contributed by atoms with E-state index in [1.807, 2.05) is 11.9 Å². The standard InChI is InChI=1S/C16H26N6O2/c1-19-5-7-21(8-6-19)12-14(23)11-20(2)10-13-9-16(24)22-15(18-13)3-4-17-22/h3-4,9,14,17,23H,5-8,10-12H2,1-2H3. The zero-order valence-electron chi connectivity index (χ0n) is 14.4. The van der Waals surface area contributed by atoms with E-state index in [-0.39, 0.29) is 5.56 Å². The molecule has 1 unspecified atom stereocenters. The van der Waals surface area contributed by atoms with Crippen molar-refractivity contribution in [1.82, 2.24) is 29.3 Å². The highest BCUT2D eigenvalue weighted by Crippen LogP contribution is 2.04. The molecule has 3 rings (SSSR count). The van der Waals surface area contributed by atoms with Gasteiger partial charge in [-0.05, 0) is 14.1 Å². The van der Waals surface area contributed by atoms with E-state index < -0.39 is 6.10 Å². The van der Waals surface area contributed by atoms with Crippen molar-refractivity contribution in [3.05, 3.63) is 34.4 Å². The highest BCUT2D eigenvalue weighted by molar-refractivity contribution is 5.36. The largest absolute Gasteiger partial charge is 0.390 e. The second-order valence-electron chi connectivity index (χ2n) is 6.70. The van der Waals surface area contributed by atoms with Crippen molar-refractivity contribution in [2.24, 2.45) is 0 Å². The van der Waals surface area contributed by atoms with Gasteiger partial charge in [-0.1, -0.05) is 0 Å². The van der Waals surface area contributed by atoms with Gasteiger partial charge in [0.1, 0.15) is 0 Å². The van der Waals surface area contributed by atoms with Crippen molar-refractivity contribution in [2.75, 3.05) is 53.4 Å². The van der Waals surface area contributed by atoms with Gasteiger partial charge in [0.25, 0.3) is 5.56 Å². The van der Waals surface area contributed by atoms with Crippen molar-refractivity contribution in [3.8, 4) is 0 Å². The maximum Gasteiger partial charge on any atom is 0.272 e. The molecule has 2 aromatic rings. The molecule has 1 fully saturated rings. The number of rotatable bonds is 6. The molecule has 3 heterocycles. The Morgan fingerprint density at radius 1 is 1.38 bits per heavy atom. The number of piperazine rings is 1. The third-order valence-corrected chi connectivity index (χ3v) is 4.45. The fourth-order valence-electron chi connectivity index (χ4n) is 3.15. The molecule has 24 heavy (non-hydrogen) atoms. The molecule has 0 spiro atoms. The van der Waals surface area contributed by atoms with Crippen LogP contribution in [0.5, 0.6) is 0 Å². The molecule has 0 radical (unpaired) electrons. The second kappa shape index (κ2) is 7.43. The van der Waals surface area contributed by atoms with Crippen LogP contribution in [0.2, 0.25) is 0 Å². The SMILES string of the molecule is CN1CCN(CC(O)CN(C)Cc2cc(=O)n3[nH]ccc3n2)CC1. The van der Waals surface area contributed by atoms with Crippen molar-refractivity contribution in [2.45, 2.75) is 12.6 Å². The number of nitrogens with zero attached hydrogens (tertiary/aromatic N) is 5. The van der Waals surface area contributed by atoms with Crippen molar-refractivity contribution in [3.63, 3.8) is 0 Å². The summed E-state index contributed by atoms with van der Waals surface area (Å²) in [6.07, 6.45) is 1.28. The summed E-state index contributed by atoms with van der Waals surface area (Å²) in [5.74, 6) is 0. The van der Waals surface area contributed by atoms with E-state index in [4.69, 9.17) is 0 Å². The number of aliphatic hydroxyl groups excluding tert-OH is 1. The van der Waals surface area contributed by atoms with E-state index in [1.165, 1.54) is 10.6 Å².